The van der Waals surface area contributed by atoms with E-state index in [0.717, 1.165) is 18.9 Å². The lowest BCUT2D eigenvalue weighted by Gasteiger charge is -2.17. The normalized spacial score (nSPS) is 12.7. The summed E-state index contributed by atoms with van der Waals surface area (Å²) in [6.45, 7) is 7.77. The molecule has 0 spiro atoms. The topological polar surface area (TPSA) is 93.6 Å². The Kier molecular flexibility index (Phi) is 11.7. The standard InChI is InChI=1S/C29H27F7N2O5S.C2H6/c1-4-16(5-2)18-8-6-15(10-19(18)30)13-42-20-9-7-17(11-21(20)43-29(34,35)36)24-14(3)23-25(40)37-27(41)38(26(23)44-24)12-22(39)28(31,32)33;1-2/h6-11,16,22,39H,4-5,12-13H2,1-3H3,(H,37,40,41);1-2H3. The number of thiophene rings is 1. The van der Waals surface area contributed by atoms with Crippen molar-refractivity contribution in [3.05, 3.63) is 79.7 Å². The van der Waals surface area contributed by atoms with Gasteiger partial charge in [0.05, 0.1) is 11.9 Å². The van der Waals surface area contributed by atoms with E-state index < -0.39 is 48.0 Å². The van der Waals surface area contributed by atoms with Gasteiger partial charge in [0.15, 0.2) is 17.6 Å². The zero-order chi connectivity index (χ0) is 34.6. The molecule has 252 valence electrons. The Bertz CT molecular complexity index is 1770. The Morgan fingerprint density at radius 3 is 2.20 bits per heavy atom. The summed E-state index contributed by atoms with van der Waals surface area (Å²) >= 11 is 0.681. The predicted octanol–water partition coefficient (Wildman–Crippen LogP) is 8.20. The average Bonchev–Trinajstić information content (AvgIpc) is 3.33. The average molecular weight is 679 g/mol. The molecule has 4 rings (SSSR count). The second-order valence-electron chi connectivity index (χ2n) is 10.0. The third-order valence-electron chi connectivity index (χ3n) is 7.12. The maximum absolute atomic E-state index is 14.7. The number of ether oxygens (including phenoxy) is 2. The largest absolute Gasteiger partial charge is 0.573 e. The number of aliphatic hydroxyl groups excluding tert-OH is 1. The van der Waals surface area contributed by atoms with E-state index in [9.17, 15) is 45.4 Å². The molecule has 0 fully saturated rings. The summed E-state index contributed by atoms with van der Waals surface area (Å²) < 4.78 is 104. The number of aromatic nitrogens is 2. The number of H-pyrrole nitrogens is 1. The molecule has 0 aliphatic carbocycles. The third-order valence-corrected chi connectivity index (χ3v) is 8.48. The summed E-state index contributed by atoms with van der Waals surface area (Å²) in [7, 11) is 0. The molecule has 0 aliphatic heterocycles. The Morgan fingerprint density at radius 2 is 1.63 bits per heavy atom. The van der Waals surface area contributed by atoms with Crippen LogP contribution in [0.2, 0.25) is 0 Å². The van der Waals surface area contributed by atoms with Crippen molar-refractivity contribution < 1.29 is 45.3 Å². The molecule has 7 nitrogen and oxygen atoms in total. The zero-order valence-electron chi connectivity index (χ0n) is 25.5. The lowest BCUT2D eigenvalue weighted by molar-refractivity contribution is -0.275. The van der Waals surface area contributed by atoms with Crippen LogP contribution in [0.3, 0.4) is 0 Å². The van der Waals surface area contributed by atoms with Crippen LogP contribution in [-0.2, 0) is 13.2 Å². The van der Waals surface area contributed by atoms with Crippen LogP contribution in [0.25, 0.3) is 20.7 Å². The molecule has 0 amide bonds. The van der Waals surface area contributed by atoms with Crippen LogP contribution < -0.4 is 20.7 Å². The number of hydrogen-bond acceptors (Lipinski definition) is 6. The van der Waals surface area contributed by atoms with Crippen molar-refractivity contribution in [1.29, 1.82) is 0 Å². The minimum atomic E-state index is -5.14. The highest BCUT2D eigenvalue weighted by Gasteiger charge is 2.39. The van der Waals surface area contributed by atoms with Crippen molar-refractivity contribution >= 4 is 21.6 Å². The molecule has 0 saturated heterocycles. The van der Waals surface area contributed by atoms with E-state index in [2.05, 4.69) is 4.74 Å². The molecule has 0 saturated carbocycles. The monoisotopic (exact) mass is 678 g/mol. The zero-order valence-corrected chi connectivity index (χ0v) is 26.3. The van der Waals surface area contributed by atoms with Crippen molar-refractivity contribution in [3.63, 3.8) is 0 Å². The van der Waals surface area contributed by atoms with Gasteiger partial charge in [0, 0.05) is 4.88 Å². The fraction of sp³-hybridized carbons (Fsp3) is 0.419. The molecule has 2 aromatic heterocycles. The second-order valence-corrected chi connectivity index (χ2v) is 11.0. The Morgan fingerprint density at radius 1 is 0.978 bits per heavy atom. The van der Waals surface area contributed by atoms with Crippen molar-refractivity contribution in [3.8, 4) is 21.9 Å². The highest BCUT2D eigenvalue weighted by molar-refractivity contribution is 7.22. The van der Waals surface area contributed by atoms with Crippen molar-refractivity contribution in [2.75, 3.05) is 0 Å². The fourth-order valence-electron chi connectivity index (χ4n) is 4.85. The molecule has 0 aliphatic rings. The first-order chi connectivity index (χ1) is 21.5. The molecule has 2 N–H and O–H groups in total. The van der Waals surface area contributed by atoms with E-state index in [0.29, 0.717) is 27.0 Å². The molecule has 15 heteroatoms. The van der Waals surface area contributed by atoms with Gasteiger partial charge in [-0.3, -0.25) is 14.3 Å². The van der Waals surface area contributed by atoms with Gasteiger partial charge < -0.3 is 14.6 Å². The lowest BCUT2D eigenvalue weighted by atomic mass is 9.93. The molecule has 2 heterocycles. The van der Waals surface area contributed by atoms with Gasteiger partial charge in [0.2, 0.25) is 0 Å². The number of aryl methyl sites for hydroxylation is 1. The van der Waals surface area contributed by atoms with E-state index in [1.165, 1.54) is 25.1 Å². The number of nitrogens with zero attached hydrogens (tertiary/aromatic N) is 1. The molecular weight excluding hydrogens is 645 g/mol. The maximum Gasteiger partial charge on any atom is 0.573 e. The third kappa shape index (κ3) is 8.29. The molecule has 0 radical (unpaired) electrons. The van der Waals surface area contributed by atoms with Gasteiger partial charge in [-0.05, 0) is 72.2 Å². The van der Waals surface area contributed by atoms with Gasteiger partial charge in [0.25, 0.3) is 5.56 Å². The van der Waals surface area contributed by atoms with Crippen LogP contribution in [0, 0.1) is 12.7 Å². The first-order valence-electron chi connectivity index (χ1n) is 14.4. The number of fused-ring (bicyclic) bond motifs is 1. The molecule has 4 aromatic rings. The maximum atomic E-state index is 14.7. The van der Waals surface area contributed by atoms with Crippen LogP contribution in [0.1, 0.15) is 63.1 Å². The Hall–Kier alpha value is -3.85. The number of aromatic amines is 1. The number of hydrogen-bond donors (Lipinski definition) is 2. The van der Waals surface area contributed by atoms with Crippen molar-refractivity contribution in [1.82, 2.24) is 9.55 Å². The molecular formula is C31H33F7N2O5S. The Balaban J connectivity index is 0.00000282. The van der Waals surface area contributed by atoms with E-state index in [1.807, 2.05) is 32.7 Å². The minimum absolute atomic E-state index is 0.0154. The number of benzene rings is 2. The summed E-state index contributed by atoms with van der Waals surface area (Å²) in [5.74, 6) is -1.54. The van der Waals surface area contributed by atoms with Gasteiger partial charge in [-0.15, -0.1) is 24.5 Å². The van der Waals surface area contributed by atoms with Gasteiger partial charge in [0.1, 0.15) is 17.3 Å². The Labute approximate surface area is 263 Å². The summed E-state index contributed by atoms with van der Waals surface area (Å²) in [6, 6.07) is 7.95. The molecule has 2 aromatic carbocycles. The summed E-state index contributed by atoms with van der Waals surface area (Å²) in [4.78, 5) is 26.8. The van der Waals surface area contributed by atoms with Gasteiger partial charge >= 0.3 is 18.2 Å². The first kappa shape index (κ1) is 36.6. The molecule has 1 unspecified atom stereocenters. The van der Waals surface area contributed by atoms with Crippen LogP contribution in [0.5, 0.6) is 11.5 Å². The van der Waals surface area contributed by atoms with Crippen LogP contribution in [-0.4, -0.2) is 33.3 Å². The minimum Gasteiger partial charge on any atom is -0.485 e. The summed E-state index contributed by atoms with van der Waals surface area (Å²) in [6.07, 6.45) is -11.7. The van der Waals surface area contributed by atoms with Crippen molar-refractivity contribution in [2.24, 2.45) is 0 Å². The van der Waals surface area contributed by atoms with Gasteiger partial charge in [-0.2, -0.15) is 13.2 Å². The van der Waals surface area contributed by atoms with E-state index in [-0.39, 0.29) is 44.5 Å². The highest BCUT2D eigenvalue weighted by atomic mass is 32.1. The summed E-state index contributed by atoms with van der Waals surface area (Å²) in [5, 5.41) is 9.37. The number of halogens is 7. The van der Waals surface area contributed by atoms with Crippen LogP contribution >= 0.6 is 11.3 Å². The van der Waals surface area contributed by atoms with Crippen molar-refractivity contribution in [2.45, 2.75) is 85.2 Å². The number of aliphatic hydroxyl groups is 1. The molecule has 0 bridgehead atoms. The van der Waals surface area contributed by atoms with Gasteiger partial charge in [-0.1, -0.05) is 39.8 Å². The second kappa shape index (κ2) is 14.7. The first-order valence-corrected chi connectivity index (χ1v) is 15.2. The highest BCUT2D eigenvalue weighted by Crippen LogP contribution is 2.42. The number of alkyl halides is 6. The van der Waals surface area contributed by atoms with Crippen LogP contribution in [0.4, 0.5) is 30.7 Å². The quantitative estimate of drug-likeness (QED) is 0.165. The van der Waals surface area contributed by atoms with E-state index in [1.54, 1.807) is 12.1 Å². The number of nitrogens with one attached hydrogen (secondary N) is 1. The fourth-order valence-corrected chi connectivity index (χ4v) is 6.16. The van der Waals surface area contributed by atoms with E-state index >= 15 is 0 Å². The smallest absolute Gasteiger partial charge is 0.485 e. The van der Waals surface area contributed by atoms with Gasteiger partial charge in [-0.25, -0.2) is 9.18 Å². The lowest BCUT2D eigenvalue weighted by Crippen LogP contribution is -2.38. The summed E-state index contributed by atoms with van der Waals surface area (Å²) in [5.41, 5.74) is -0.991. The van der Waals surface area contributed by atoms with Crippen LogP contribution in [0.15, 0.2) is 46.0 Å². The molecule has 46 heavy (non-hydrogen) atoms. The predicted molar refractivity (Wildman–Crippen MR) is 161 cm³/mol. The number of rotatable bonds is 10. The van der Waals surface area contributed by atoms with E-state index in [4.69, 9.17) is 4.74 Å². The molecule has 1 atom stereocenters. The SMILES string of the molecule is CC.CCC(CC)c1ccc(COc2ccc(-c3sc4c(c3C)c(=O)[nH]c(=O)n4CC(O)C(F)(F)F)cc2OC(F)(F)F)cc1F.